The van der Waals surface area contributed by atoms with E-state index in [2.05, 4.69) is 21.8 Å². The van der Waals surface area contributed by atoms with Crippen molar-refractivity contribution < 1.29 is 13.2 Å². The normalized spacial score (nSPS) is 22.9. The highest BCUT2D eigenvalue weighted by Gasteiger charge is 2.33. The van der Waals surface area contributed by atoms with Gasteiger partial charge in [0.15, 0.2) is 0 Å². The third-order valence-corrected chi connectivity index (χ3v) is 4.49. The lowest BCUT2D eigenvalue weighted by molar-refractivity contribution is -0.134. The van der Waals surface area contributed by atoms with E-state index in [9.17, 15) is 13.2 Å². The Kier molecular flexibility index (Phi) is 3.82. The Morgan fingerprint density at radius 3 is 2.90 bits per heavy atom. The van der Waals surface area contributed by atoms with Crippen molar-refractivity contribution in [1.82, 2.24) is 9.88 Å². The molecule has 1 aromatic rings. The summed E-state index contributed by atoms with van der Waals surface area (Å²) in [6.45, 7) is 2.89. The summed E-state index contributed by atoms with van der Waals surface area (Å²) in [5, 5.41) is 0. The van der Waals surface area contributed by atoms with Crippen LogP contribution in [-0.2, 0) is 12.8 Å². The minimum atomic E-state index is -4.10. The van der Waals surface area contributed by atoms with Crippen molar-refractivity contribution in [2.24, 2.45) is 0 Å². The summed E-state index contributed by atoms with van der Waals surface area (Å²) in [5.41, 5.74) is 1.84. The van der Waals surface area contributed by atoms with E-state index in [1.54, 1.807) is 12.3 Å². The lowest BCUT2D eigenvalue weighted by Crippen LogP contribution is -2.54. The first kappa shape index (κ1) is 14.6. The molecule has 2 aliphatic heterocycles. The lowest BCUT2D eigenvalue weighted by atomic mass is 9.92. The number of fused-ring (bicyclic) bond motifs is 3. The average molecular weight is 299 g/mol. The van der Waals surface area contributed by atoms with Gasteiger partial charge in [0.1, 0.15) is 5.82 Å². The van der Waals surface area contributed by atoms with E-state index in [-0.39, 0.29) is 6.42 Å². The number of aromatic nitrogens is 1. The number of nitrogens with zero attached hydrogens (tertiary/aromatic N) is 3. The zero-order valence-corrected chi connectivity index (χ0v) is 12.2. The fraction of sp³-hybridized carbons (Fsp3) is 0.667. The van der Waals surface area contributed by atoms with Gasteiger partial charge in [-0.2, -0.15) is 13.2 Å². The number of aryl methyl sites for hydroxylation is 1. The highest BCUT2D eigenvalue weighted by atomic mass is 19.4. The van der Waals surface area contributed by atoms with Crippen molar-refractivity contribution in [2.75, 3.05) is 31.6 Å². The van der Waals surface area contributed by atoms with Crippen LogP contribution in [0.1, 0.15) is 24.0 Å². The molecule has 0 aromatic carbocycles. The molecule has 2 aliphatic rings. The number of hydrogen-bond acceptors (Lipinski definition) is 3. The summed E-state index contributed by atoms with van der Waals surface area (Å²) in [6.07, 6.45) is -1.29. The average Bonchev–Trinajstić information content (AvgIpc) is 2.43. The first-order chi connectivity index (χ1) is 9.94. The van der Waals surface area contributed by atoms with Gasteiger partial charge in [-0.05, 0) is 43.5 Å². The van der Waals surface area contributed by atoms with Crippen molar-refractivity contribution in [3.05, 3.63) is 23.4 Å². The van der Waals surface area contributed by atoms with Gasteiger partial charge in [-0.15, -0.1) is 0 Å². The molecule has 0 aliphatic carbocycles. The Morgan fingerprint density at radius 2 is 2.14 bits per heavy atom. The fourth-order valence-electron chi connectivity index (χ4n) is 3.40. The molecule has 1 fully saturated rings. The monoisotopic (exact) mass is 299 g/mol. The summed E-state index contributed by atoms with van der Waals surface area (Å²) in [4.78, 5) is 9.05. The van der Waals surface area contributed by atoms with E-state index in [1.165, 1.54) is 0 Å². The van der Waals surface area contributed by atoms with Gasteiger partial charge in [-0.1, -0.05) is 0 Å². The van der Waals surface area contributed by atoms with Crippen LogP contribution in [0.2, 0.25) is 0 Å². The van der Waals surface area contributed by atoms with Crippen LogP contribution in [0.5, 0.6) is 0 Å². The van der Waals surface area contributed by atoms with E-state index in [4.69, 9.17) is 0 Å². The molecule has 6 heteroatoms. The third kappa shape index (κ3) is 3.15. The van der Waals surface area contributed by atoms with Crippen molar-refractivity contribution in [1.29, 1.82) is 0 Å². The van der Waals surface area contributed by atoms with Crippen LogP contribution >= 0.6 is 0 Å². The van der Waals surface area contributed by atoms with Gasteiger partial charge in [-0.25, -0.2) is 4.98 Å². The van der Waals surface area contributed by atoms with Gasteiger partial charge in [0.2, 0.25) is 0 Å². The number of anilines is 1. The van der Waals surface area contributed by atoms with Gasteiger partial charge in [-0.3, -0.25) is 0 Å². The lowest BCUT2D eigenvalue weighted by Gasteiger charge is -2.44. The van der Waals surface area contributed by atoms with Gasteiger partial charge < -0.3 is 9.80 Å². The van der Waals surface area contributed by atoms with E-state index in [0.717, 1.165) is 49.4 Å². The molecular formula is C15H20F3N3. The Balaban J connectivity index is 1.83. The van der Waals surface area contributed by atoms with E-state index >= 15 is 0 Å². The van der Waals surface area contributed by atoms with Gasteiger partial charge in [0, 0.05) is 38.3 Å². The molecule has 0 N–H and O–H groups in total. The summed E-state index contributed by atoms with van der Waals surface area (Å²) in [7, 11) is 2.11. The zero-order chi connectivity index (χ0) is 15.0. The van der Waals surface area contributed by atoms with Gasteiger partial charge in [0.25, 0.3) is 0 Å². The smallest absolute Gasteiger partial charge is 0.351 e. The second-order valence-electron chi connectivity index (χ2n) is 6.04. The molecule has 3 heterocycles. The standard InChI is InChI=1S/C15H20F3N3/c1-20-8-9-21-12(10-20)2-3-13-11(4-6-15(16,17)18)5-7-19-14(13)21/h5,7,12H,2-4,6,8-10H2,1H3. The number of halogens is 3. The molecule has 0 saturated carbocycles. The molecule has 1 saturated heterocycles. The number of rotatable bonds is 2. The highest BCUT2D eigenvalue weighted by molar-refractivity contribution is 5.54. The van der Waals surface area contributed by atoms with Crippen molar-refractivity contribution in [2.45, 2.75) is 37.9 Å². The second-order valence-corrected chi connectivity index (χ2v) is 6.04. The molecule has 1 aromatic heterocycles. The maximum Gasteiger partial charge on any atom is 0.389 e. The molecule has 21 heavy (non-hydrogen) atoms. The molecule has 3 rings (SSSR count). The predicted octanol–water partition coefficient (Wildman–Crippen LogP) is 2.64. The van der Waals surface area contributed by atoms with Crippen LogP contribution in [-0.4, -0.2) is 48.8 Å². The molecule has 1 unspecified atom stereocenters. The minimum absolute atomic E-state index is 0.0623. The first-order valence-electron chi connectivity index (χ1n) is 7.43. The number of pyridine rings is 1. The topological polar surface area (TPSA) is 19.4 Å². The van der Waals surface area contributed by atoms with Crippen LogP contribution in [0.3, 0.4) is 0 Å². The summed E-state index contributed by atoms with van der Waals surface area (Å²) in [5.74, 6) is 0.916. The van der Waals surface area contributed by atoms with E-state index in [0.29, 0.717) is 6.04 Å². The molecule has 0 amide bonds. The molecule has 1 atom stereocenters. The third-order valence-electron chi connectivity index (χ3n) is 4.49. The highest BCUT2D eigenvalue weighted by Crippen LogP contribution is 2.34. The van der Waals surface area contributed by atoms with Crippen molar-refractivity contribution in [3.63, 3.8) is 0 Å². The van der Waals surface area contributed by atoms with Gasteiger partial charge >= 0.3 is 6.18 Å². The quantitative estimate of drug-likeness (QED) is 0.837. The molecule has 0 radical (unpaired) electrons. The maximum atomic E-state index is 12.5. The number of alkyl halides is 3. The Labute approximate surface area is 122 Å². The minimum Gasteiger partial charge on any atom is -0.351 e. The largest absolute Gasteiger partial charge is 0.389 e. The summed E-state index contributed by atoms with van der Waals surface area (Å²) in [6, 6.07) is 2.20. The predicted molar refractivity (Wildman–Crippen MR) is 75.6 cm³/mol. The van der Waals surface area contributed by atoms with Crippen molar-refractivity contribution in [3.8, 4) is 0 Å². The van der Waals surface area contributed by atoms with Gasteiger partial charge in [0.05, 0.1) is 0 Å². The molecule has 116 valence electrons. The maximum absolute atomic E-state index is 12.5. The zero-order valence-electron chi connectivity index (χ0n) is 12.2. The van der Waals surface area contributed by atoms with Crippen LogP contribution in [0.4, 0.5) is 19.0 Å². The Bertz CT molecular complexity index is 515. The Hall–Kier alpha value is -1.30. The Morgan fingerprint density at radius 1 is 1.33 bits per heavy atom. The van der Waals surface area contributed by atoms with Crippen LogP contribution in [0, 0.1) is 0 Å². The number of likely N-dealkylation sites (N-methyl/N-ethyl adjacent to an activating group) is 1. The first-order valence-corrected chi connectivity index (χ1v) is 7.43. The summed E-state index contributed by atoms with van der Waals surface area (Å²) >= 11 is 0. The number of hydrogen-bond donors (Lipinski definition) is 0. The number of piperazine rings is 1. The molecular weight excluding hydrogens is 279 g/mol. The van der Waals surface area contributed by atoms with Crippen LogP contribution in [0.15, 0.2) is 12.3 Å². The van der Waals surface area contributed by atoms with E-state index < -0.39 is 12.6 Å². The fourth-order valence-corrected chi connectivity index (χ4v) is 3.40. The molecule has 3 nitrogen and oxygen atoms in total. The van der Waals surface area contributed by atoms with Crippen molar-refractivity contribution >= 4 is 5.82 Å². The van der Waals surface area contributed by atoms with Crippen LogP contribution in [0.25, 0.3) is 0 Å². The summed E-state index contributed by atoms with van der Waals surface area (Å²) < 4.78 is 37.4. The molecule has 0 bridgehead atoms. The van der Waals surface area contributed by atoms with E-state index in [1.807, 2.05) is 0 Å². The SMILES string of the molecule is CN1CCN2c3nccc(CCC(F)(F)F)c3CCC2C1. The molecule has 0 spiro atoms. The van der Waals surface area contributed by atoms with Crippen LogP contribution < -0.4 is 4.90 Å². The second kappa shape index (κ2) is 5.48.